The summed E-state index contributed by atoms with van der Waals surface area (Å²) in [6, 6.07) is 9.07. The lowest BCUT2D eigenvalue weighted by atomic mass is 10.1. The summed E-state index contributed by atoms with van der Waals surface area (Å²) in [5, 5.41) is 15.2. The first-order valence-electron chi connectivity index (χ1n) is 10.6. The van der Waals surface area contributed by atoms with Crippen molar-refractivity contribution in [2.24, 2.45) is 5.73 Å². The number of benzene rings is 1. The second-order valence-corrected chi connectivity index (χ2v) is 7.75. The number of hydrogen-bond acceptors (Lipinski definition) is 9. The van der Waals surface area contributed by atoms with Gasteiger partial charge in [-0.2, -0.15) is 24.7 Å². The number of nitrogens with zero attached hydrogens (tertiary/aromatic N) is 6. The Kier molecular flexibility index (Phi) is 6.50. The van der Waals surface area contributed by atoms with E-state index in [-0.39, 0.29) is 18.4 Å². The molecule has 172 valence electrons. The molecule has 1 unspecified atom stereocenters. The summed E-state index contributed by atoms with van der Waals surface area (Å²) in [4.78, 5) is 21.2. The largest absolute Gasteiger partial charge is 0.467 e. The maximum absolute atomic E-state index is 12.0. The van der Waals surface area contributed by atoms with Crippen LogP contribution in [0.1, 0.15) is 30.9 Å². The first kappa shape index (κ1) is 22.2. The number of carbonyl (C=O) groups is 1. The van der Waals surface area contributed by atoms with Crippen LogP contribution < -0.4 is 16.4 Å². The maximum Gasteiger partial charge on any atom is 0.329 e. The molecule has 0 amide bonds. The van der Waals surface area contributed by atoms with Gasteiger partial charge in [-0.25, -0.2) is 9.48 Å². The molecule has 0 saturated heterocycles. The molecule has 4 aromatic rings. The Labute approximate surface area is 191 Å². The molecule has 0 spiro atoms. The number of fused-ring (bicyclic) bond motifs is 1. The van der Waals surface area contributed by atoms with E-state index in [4.69, 9.17) is 10.5 Å². The third-order valence-electron chi connectivity index (χ3n) is 5.22. The van der Waals surface area contributed by atoms with Crippen molar-refractivity contribution >= 4 is 23.5 Å². The van der Waals surface area contributed by atoms with Gasteiger partial charge in [0, 0.05) is 31.0 Å². The highest BCUT2D eigenvalue weighted by Gasteiger charge is 2.21. The number of hydrogen-bond donors (Lipinski definition) is 3. The van der Waals surface area contributed by atoms with Crippen molar-refractivity contribution in [1.82, 2.24) is 29.4 Å². The summed E-state index contributed by atoms with van der Waals surface area (Å²) >= 11 is 0. The molecule has 0 fully saturated rings. The SMILES string of the molecule is COC(=O)C(CN)Nc1nc(NCc2ccccc2-n2cccn2)n2ncc(C(C)C)c2n1. The van der Waals surface area contributed by atoms with E-state index in [9.17, 15) is 4.79 Å². The maximum atomic E-state index is 12.0. The molecule has 0 saturated carbocycles. The highest BCUT2D eigenvalue weighted by molar-refractivity contribution is 5.79. The standard InChI is InChI=1S/C22H27N9O2/c1-14(2)16-13-26-31-19(16)28-21(27-17(11-23)20(32)33-3)29-22(31)24-12-15-7-4-5-8-18(15)30-10-6-9-25-30/h4-10,13-14,17H,11-12,23H2,1-3H3,(H2,24,27,28,29). The second-order valence-electron chi connectivity index (χ2n) is 7.75. The predicted molar refractivity (Wildman–Crippen MR) is 124 cm³/mol. The van der Waals surface area contributed by atoms with Crippen molar-refractivity contribution < 1.29 is 9.53 Å². The number of methoxy groups -OCH3 is 1. The molecule has 0 aliphatic carbocycles. The minimum absolute atomic E-state index is 0.0392. The van der Waals surface area contributed by atoms with E-state index in [1.165, 1.54) is 7.11 Å². The summed E-state index contributed by atoms with van der Waals surface area (Å²) in [5.41, 5.74) is 9.32. The molecule has 4 N–H and O–H groups in total. The average molecular weight is 450 g/mol. The molecule has 0 radical (unpaired) electrons. The van der Waals surface area contributed by atoms with Gasteiger partial charge in [0.05, 0.1) is 19.0 Å². The highest BCUT2D eigenvalue weighted by atomic mass is 16.5. The number of nitrogens with one attached hydrogen (secondary N) is 2. The average Bonchev–Trinajstić information content (AvgIpc) is 3.51. The molecule has 4 rings (SSSR count). The number of rotatable bonds is 9. The minimum Gasteiger partial charge on any atom is -0.467 e. The zero-order valence-electron chi connectivity index (χ0n) is 18.8. The summed E-state index contributed by atoms with van der Waals surface area (Å²) in [5.74, 6) is 0.449. The van der Waals surface area contributed by atoms with E-state index >= 15 is 0 Å². The Hall–Kier alpha value is -3.99. The minimum atomic E-state index is -0.767. The quantitative estimate of drug-likeness (QED) is 0.327. The second kappa shape index (κ2) is 9.65. The number of para-hydroxylation sites is 1. The molecule has 33 heavy (non-hydrogen) atoms. The van der Waals surface area contributed by atoms with Crippen LogP contribution in [0.15, 0.2) is 48.9 Å². The van der Waals surface area contributed by atoms with Crippen LogP contribution in [-0.4, -0.2) is 55.0 Å². The van der Waals surface area contributed by atoms with Crippen molar-refractivity contribution in [3.63, 3.8) is 0 Å². The lowest BCUT2D eigenvalue weighted by Crippen LogP contribution is -2.38. The number of esters is 1. The number of nitrogens with two attached hydrogens (primary N) is 1. The van der Waals surface area contributed by atoms with E-state index in [0.29, 0.717) is 18.1 Å². The van der Waals surface area contributed by atoms with Gasteiger partial charge in [-0.3, -0.25) is 0 Å². The van der Waals surface area contributed by atoms with Crippen LogP contribution in [0.25, 0.3) is 11.3 Å². The monoisotopic (exact) mass is 449 g/mol. The van der Waals surface area contributed by atoms with Gasteiger partial charge in [0.2, 0.25) is 11.9 Å². The molecule has 1 atom stereocenters. The molecule has 3 aromatic heterocycles. The number of anilines is 2. The molecule has 0 aliphatic rings. The summed E-state index contributed by atoms with van der Waals surface area (Å²) in [6.45, 7) is 4.64. The van der Waals surface area contributed by atoms with E-state index in [0.717, 1.165) is 16.8 Å². The third-order valence-corrected chi connectivity index (χ3v) is 5.22. The predicted octanol–water partition coefficient (Wildman–Crippen LogP) is 1.96. The first-order valence-corrected chi connectivity index (χ1v) is 10.6. The molecule has 0 bridgehead atoms. The molecule has 3 heterocycles. The fourth-order valence-corrected chi connectivity index (χ4v) is 3.46. The van der Waals surface area contributed by atoms with Gasteiger partial charge in [-0.05, 0) is 23.6 Å². The topological polar surface area (TPSA) is 137 Å². The summed E-state index contributed by atoms with van der Waals surface area (Å²) in [7, 11) is 1.31. The zero-order valence-corrected chi connectivity index (χ0v) is 18.8. The Morgan fingerprint density at radius 2 is 2.00 bits per heavy atom. The number of ether oxygens (including phenoxy) is 1. The molecule has 11 heteroatoms. The first-order chi connectivity index (χ1) is 16.0. The van der Waals surface area contributed by atoms with E-state index in [2.05, 4.69) is 44.6 Å². The highest BCUT2D eigenvalue weighted by Crippen LogP contribution is 2.23. The molecular formula is C22H27N9O2. The normalized spacial score (nSPS) is 12.2. The van der Waals surface area contributed by atoms with Gasteiger partial charge in [-0.1, -0.05) is 32.0 Å². The van der Waals surface area contributed by atoms with Crippen LogP contribution in [0, 0.1) is 0 Å². The Morgan fingerprint density at radius 3 is 2.70 bits per heavy atom. The molecular weight excluding hydrogens is 422 g/mol. The van der Waals surface area contributed by atoms with Crippen LogP contribution in [0.4, 0.5) is 11.9 Å². The van der Waals surface area contributed by atoms with Gasteiger partial charge in [0.1, 0.15) is 6.04 Å². The van der Waals surface area contributed by atoms with Crippen molar-refractivity contribution in [3.8, 4) is 5.69 Å². The fraction of sp³-hybridized carbons (Fsp3) is 0.318. The Bertz CT molecular complexity index is 1230. The molecule has 11 nitrogen and oxygen atoms in total. The van der Waals surface area contributed by atoms with Crippen LogP contribution in [0.3, 0.4) is 0 Å². The smallest absolute Gasteiger partial charge is 0.329 e. The van der Waals surface area contributed by atoms with Crippen LogP contribution in [-0.2, 0) is 16.1 Å². The molecule has 1 aromatic carbocycles. The van der Waals surface area contributed by atoms with E-state index in [1.807, 2.05) is 41.2 Å². The van der Waals surface area contributed by atoms with Gasteiger partial charge >= 0.3 is 5.97 Å². The van der Waals surface area contributed by atoms with Crippen molar-refractivity contribution in [2.45, 2.75) is 32.4 Å². The fourth-order valence-electron chi connectivity index (χ4n) is 3.46. The van der Waals surface area contributed by atoms with Crippen molar-refractivity contribution in [3.05, 3.63) is 60.0 Å². The third kappa shape index (κ3) is 4.62. The zero-order chi connectivity index (χ0) is 23.4. The Morgan fingerprint density at radius 1 is 1.18 bits per heavy atom. The number of carbonyl (C=O) groups excluding carboxylic acids is 1. The van der Waals surface area contributed by atoms with Crippen LogP contribution in [0.2, 0.25) is 0 Å². The lowest BCUT2D eigenvalue weighted by molar-refractivity contribution is -0.141. The lowest BCUT2D eigenvalue weighted by Gasteiger charge is -2.16. The van der Waals surface area contributed by atoms with Gasteiger partial charge in [0.25, 0.3) is 0 Å². The summed E-state index contributed by atoms with van der Waals surface area (Å²) < 4.78 is 8.29. The van der Waals surface area contributed by atoms with Gasteiger partial charge < -0.3 is 21.1 Å². The van der Waals surface area contributed by atoms with Crippen LogP contribution >= 0.6 is 0 Å². The van der Waals surface area contributed by atoms with Gasteiger partial charge in [0.15, 0.2) is 5.65 Å². The Balaban J connectivity index is 1.69. The molecule has 0 aliphatic heterocycles. The van der Waals surface area contributed by atoms with E-state index in [1.54, 1.807) is 16.9 Å². The van der Waals surface area contributed by atoms with Crippen molar-refractivity contribution in [2.75, 3.05) is 24.3 Å². The van der Waals surface area contributed by atoms with Crippen LogP contribution in [0.5, 0.6) is 0 Å². The summed E-state index contributed by atoms with van der Waals surface area (Å²) in [6.07, 6.45) is 5.41. The van der Waals surface area contributed by atoms with E-state index < -0.39 is 12.0 Å². The van der Waals surface area contributed by atoms with Crippen molar-refractivity contribution in [1.29, 1.82) is 0 Å². The van der Waals surface area contributed by atoms with Gasteiger partial charge in [-0.15, -0.1) is 0 Å². The number of aromatic nitrogens is 6.